The van der Waals surface area contributed by atoms with Crippen LogP contribution in [0.25, 0.3) is 0 Å². The van der Waals surface area contributed by atoms with E-state index in [2.05, 4.69) is 10.6 Å². The predicted molar refractivity (Wildman–Crippen MR) is 128 cm³/mol. The van der Waals surface area contributed by atoms with Gasteiger partial charge in [-0.2, -0.15) is 4.31 Å². The van der Waals surface area contributed by atoms with Crippen LogP contribution in [0.4, 0.5) is 4.39 Å². The Morgan fingerprint density at radius 1 is 1.09 bits per heavy atom. The Labute approximate surface area is 200 Å². The number of carbonyl (C=O) groups excluding carboxylic acids is 2. The molecule has 2 amide bonds. The molecule has 1 aliphatic rings. The van der Waals surface area contributed by atoms with Gasteiger partial charge in [0.1, 0.15) is 11.9 Å². The summed E-state index contributed by atoms with van der Waals surface area (Å²) in [6.07, 6.45) is 1.74. The second-order valence-corrected chi connectivity index (χ2v) is 10.9. The maximum Gasteiger partial charge on any atom is 0.243 e. The molecular weight excluding hydrogens is 457 g/mol. The first kappa shape index (κ1) is 25.8. The van der Waals surface area contributed by atoms with E-state index in [1.165, 1.54) is 16.4 Å². The van der Waals surface area contributed by atoms with Crippen molar-refractivity contribution in [2.75, 3.05) is 19.6 Å². The van der Waals surface area contributed by atoms with E-state index in [0.29, 0.717) is 25.8 Å². The average molecular weight is 490 g/mol. The van der Waals surface area contributed by atoms with Crippen LogP contribution in [0, 0.1) is 17.7 Å². The van der Waals surface area contributed by atoms with Gasteiger partial charge < -0.3 is 10.6 Å². The lowest BCUT2D eigenvalue weighted by atomic mass is 9.96. The molecule has 2 aromatic rings. The van der Waals surface area contributed by atoms with E-state index >= 15 is 0 Å². The van der Waals surface area contributed by atoms with Crippen LogP contribution in [0.2, 0.25) is 0 Å². The highest BCUT2D eigenvalue weighted by atomic mass is 32.2. The number of hydrogen-bond donors (Lipinski definition) is 2. The molecule has 1 heterocycles. The average Bonchev–Trinajstić information content (AvgIpc) is 2.83. The number of amides is 2. The fourth-order valence-electron chi connectivity index (χ4n) is 4.02. The van der Waals surface area contributed by atoms with E-state index in [-0.39, 0.29) is 35.7 Å². The van der Waals surface area contributed by atoms with E-state index < -0.39 is 27.8 Å². The standard InChI is InChI=1S/C25H32FN3O4S/c1-18(2)23(25(31)27-15-14-19-7-4-3-5-8-19)28-24(30)20-9-6-16-29(17-20)34(32,33)22-12-10-21(26)11-13-22/h3-5,7-8,10-13,18,20,23H,6,9,14-17H2,1-2H3,(H,27,31)(H,28,30)/t20-,23-/m0/s1. The fourth-order valence-corrected chi connectivity index (χ4v) is 5.54. The Kier molecular flexibility index (Phi) is 8.79. The minimum absolute atomic E-state index is 0.00666. The number of sulfonamides is 1. The lowest BCUT2D eigenvalue weighted by molar-refractivity contribution is -0.132. The van der Waals surface area contributed by atoms with E-state index in [1.54, 1.807) is 0 Å². The first-order chi connectivity index (χ1) is 16.2. The zero-order chi connectivity index (χ0) is 24.7. The Bertz CT molecular complexity index is 1080. The molecule has 0 saturated carbocycles. The largest absolute Gasteiger partial charge is 0.354 e. The molecule has 34 heavy (non-hydrogen) atoms. The summed E-state index contributed by atoms with van der Waals surface area (Å²) in [7, 11) is -3.84. The SMILES string of the molecule is CC(C)[C@H](NC(=O)[C@H]1CCCN(S(=O)(=O)c2ccc(F)cc2)C1)C(=O)NCCc1ccccc1. The molecule has 2 N–H and O–H groups in total. The predicted octanol–water partition coefficient (Wildman–Crippen LogP) is 2.73. The third-order valence-electron chi connectivity index (χ3n) is 6.01. The number of hydrogen-bond acceptors (Lipinski definition) is 4. The molecule has 9 heteroatoms. The number of halogens is 1. The molecule has 2 aromatic carbocycles. The lowest BCUT2D eigenvalue weighted by Crippen LogP contribution is -2.53. The topological polar surface area (TPSA) is 95.6 Å². The zero-order valence-corrected chi connectivity index (χ0v) is 20.4. The monoisotopic (exact) mass is 489 g/mol. The number of nitrogens with one attached hydrogen (secondary N) is 2. The van der Waals surface area contributed by atoms with Gasteiger partial charge in [-0.25, -0.2) is 12.8 Å². The van der Waals surface area contributed by atoms with Gasteiger partial charge in [-0.15, -0.1) is 0 Å². The summed E-state index contributed by atoms with van der Waals surface area (Å²) < 4.78 is 40.4. The first-order valence-corrected chi connectivity index (χ1v) is 13.0. The van der Waals surface area contributed by atoms with Crippen LogP contribution in [0.15, 0.2) is 59.5 Å². The van der Waals surface area contributed by atoms with E-state index in [9.17, 15) is 22.4 Å². The second kappa shape index (κ2) is 11.6. The molecule has 1 saturated heterocycles. The lowest BCUT2D eigenvalue weighted by Gasteiger charge is -2.32. The van der Waals surface area contributed by atoms with Crippen molar-refractivity contribution in [1.82, 2.24) is 14.9 Å². The summed E-state index contributed by atoms with van der Waals surface area (Å²) in [5.74, 6) is -1.82. The van der Waals surface area contributed by atoms with Crippen molar-refractivity contribution in [2.45, 2.75) is 44.0 Å². The molecule has 3 rings (SSSR count). The van der Waals surface area contributed by atoms with Gasteiger partial charge in [-0.3, -0.25) is 9.59 Å². The van der Waals surface area contributed by atoms with E-state index in [0.717, 1.165) is 17.7 Å². The Morgan fingerprint density at radius 2 is 1.76 bits per heavy atom. The second-order valence-electron chi connectivity index (χ2n) is 8.91. The van der Waals surface area contributed by atoms with Crippen LogP contribution >= 0.6 is 0 Å². The highest BCUT2D eigenvalue weighted by molar-refractivity contribution is 7.89. The van der Waals surface area contributed by atoms with Gasteiger partial charge in [-0.1, -0.05) is 44.2 Å². The summed E-state index contributed by atoms with van der Waals surface area (Å²) in [6.45, 7) is 4.47. The van der Waals surface area contributed by atoms with Crippen molar-refractivity contribution in [1.29, 1.82) is 0 Å². The van der Waals surface area contributed by atoms with Gasteiger partial charge in [0.05, 0.1) is 10.8 Å². The minimum Gasteiger partial charge on any atom is -0.354 e. The molecule has 0 radical (unpaired) electrons. The normalized spacial score (nSPS) is 17.8. The Morgan fingerprint density at radius 3 is 2.41 bits per heavy atom. The molecule has 0 spiro atoms. The van der Waals surface area contributed by atoms with Gasteiger partial charge in [0.2, 0.25) is 21.8 Å². The third kappa shape index (κ3) is 6.64. The summed E-state index contributed by atoms with van der Waals surface area (Å²) in [4.78, 5) is 25.8. The number of benzene rings is 2. The molecule has 0 bridgehead atoms. The fraction of sp³-hybridized carbons (Fsp3) is 0.440. The van der Waals surface area contributed by atoms with Gasteiger partial charge >= 0.3 is 0 Å². The van der Waals surface area contributed by atoms with Crippen molar-refractivity contribution >= 4 is 21.8 Å². The summed E-state index contributed by atoms with van der Waals surface area (Å²) in [5.41, 5.74) is 1.11. The summed E-state index contributed by atoms with van der Waals surface area (Å²) >= 11 is 0. The highest BCUT2D eigenvalue weighted by Gasteiger charge is 2.35. The van der Waals surface area contributed by atoms with Crippen molar-refractivity contribution in [3.05, 3.63) is 66.0 Å². The summed E-state index contributed by atoms with van der Waals surface area (Å²) in [5, 5.41) is 5.72. The molecule has 2 atom stereocenters. The molecule has 0 unspecified atom stereocenters. The van der Waals surface area contributed by atoms with Crippen molar-refractivity contribution in [2.24, 2.45) is 11.8 Å². The maximum atomic E-state index is 13.2. The number of carbonyl (C=O) groups is 2. The van der Waals surface area contributed by atoms with E-state index in [1.807, 2.05) is 44.2 Å². The van der Waals surface area contributed by atoms with Crippen molar-refractivity contribution in [3.8, 4) is 0 Å². The quantitative estimate of drug-likeness (QED) is 0.566. The van der Waals surface area contributed by atoms with Gasteiger partial charge in [0.25, 0.3) is 0 Å². The molecule has 7 nitrogen and oxygen atoms in total. The van der Waals surface area contributed by atoms with Crippen LogP contribution in [-0.2, 0) is 26.0 Å². The summed E-state index contributed by atoms with van der Waals surface area (Å²) in [6, 6.07) is 13.7. The van der Waals surface area contributed by atoms with Gasteiger partial charge in [-0.05, 0) is 55.0 Å². The number of rotatable bonds is 9. The Balaban J connectivity index is 1.59. The van der Waals surface area contributed by atoms with Crippen molar-refractivity contribution in [3.63, 3.8) is 0 Å². The zero-order valence-electron chi connectivity index (χ0n) is 19.5. The van der Waals surface area contributed by atoms with Crippen LogP contribution in [-0.4, -0.2) is 50.2 Å². The van der Waals surface area contributed by atoms with Crippen LogP contribution < -0.4 is 10.6 Å². The van der Waals surface area contributed by atoms with Gasteiger partial charge in [0, 0.05) is 19.6 Å². The highest BCUT2D eigenvalue weighted by Crippen LogP contribution is 2.24. The molecule has 0 aliphatic carbocycles. The van der Waals surface area contributed by atoms with E-state index in [4.69, 9.17) is 0 Å². The maximum absolute atomic E-state index is 13.2. The molecule has 0 aromatic heterocycles. The van der Waals surface area contributed by atoms with Gasteiger partial charge in [0.15, 0.2) is 0 Å². The Hall–Kier alpha value is -2.78. The van der Waals surface area contributed by atoms with Crippen LogP contribution in [0.1, 0.15) is 32.3 Å². The molecule has 1 fully saturated rings. The number of piperidine rings is 1. The van der Waals surface area contributed by atoms with Crippen molar-refractivity contribution < 1.29 is 22.4 Å². The molecular formula is C25H32FN3O4S. The van der Waals surface area contributed by atoms with Crippen LogP contribution in [0.5, 0.6) is 0 Å². The smallest absolute Gasteiger partial charge is 0.243 e. The molecule has 1 aliphatic heterocycles. The van der Waals surface area contributed by atoms with Crippen LogP contribution in [0.3, 0.4) is 0 Å². The number of nitrogens with zero attached hydrogens (tertiary/aromatic N) is 1. The minimum atomic E-state index is -3.84. The first-order valence-electron chi connectivity index (χ1n) is 11.6. The molecule has 184 valence electrons. The third-order valence-corrected chi connectivity index (χ3v) is 7.89.